The molecule has 1 saturated heterocycles. The van der Waals surface area contributed by atoms with Gasteiger partial charge in [0.2, 0.25) is 0 Å². The topological polar surface area (TPSA) is 72.7 Å². The van der Waals surface area contributed by atoms with Gasteiger partial charge in [-0.15, -0.1) is 0 Å². The zero-order valence-corrected chi connectivity index (χ0v) is 5.04. The zero-order chi connectivity index (χ0) is 6.91. The van der Waals surface area contributed by atoms with Gasteiger partial charge in [0.05, 0.1) is 0 Å². The molecule has 4 heteroatoms. The molecule has 4 nitrogen and oxygen atoms in total. The Hall–Kier alpha value is -0.160. The first-order valence-electron chi connectivity index (χ1n) is 2.99. The predicted molar refractivity (Wildman–Crippen MR) is 30.4 cm³/mol. The highest BCUT2D eigenvalue weighted by Gasteiger charge is 2.36. The van der Waals surface area contributed by atoms with Crippen LogP contribution in [0, 0.1) is 0 Å². The maximum absolute atomic E-state index is 9.16. The molecule has 1 aliphatic rings. The van der Waals surface area contributed by atoms with Crippen LogP contribution in [0.4, 0.5) is 0 Å². The molecule has 1 fully saturated rings. The molecule has 0 aliphatic carbocycles. The first kappa shape index (κ1) is 6.95. The van der Waals surface area contributed by atoms with E-state index in [0.717, 1.165) is 6.42 Å². The minimum atomic E-state index is -1.67. The first-order valence-corrected chi connectivity index (χ1v) is 2.99. The highest BCUT2D eigenvalue weighted by atomic mass is 16.5. The van der Waals surface area contributed by atoms with E-state index in [0.29, 0.717) is 13.0 Å². The van der Waals surface area contributed by atoms with Crippen LogP contribution < -0.4 is 5.32 Å². The lowest BCUT2D eigenvalue weighted by molar-refractivity contribution is -0.190. The molecule has 0 spiro atoms. The summed E-state index contributed by atoms with van der Waals surface area (Å²) in [5.74, 6) is 0. The summed E-state index contributed by atoms with van der Waals surface area (Å²) in [7, 11) is 0. The highest BCUT2D eigenvalue weighted by Crippen LogP contribution is 2.17. The fraction of sp³-hybridized carbons (Fsp3) is 1.00. The molecular formula is C5H11NO3. The molecule has 1 heterocycles. The summed E-state index contributed by atoms with van der Waals surface area (Å²) >= 11 is 0. The maximum atomic E-state index is 9.16. The third kappa shape index (κ3) is 1.21. The van der Waals surface area contributed by atoms with Gasteiger partial charge in [0.15, 0.2) is 12.0 Å². The second-order valence-electron chi connectivity index (χ2n) is 2.33. The molecule has 0 bridgehead atoms. The fourth-order valence-electron chi connectivity index (χ4n) is 0.972. The van der Waals surface area contributed by atoms with Crippen molar-refractivity contribution >= 4 is 0 Å². The number of nitrogens with one attached hydrogen (secondary N) is 1. The summed E-state index contributed by atoms with van der Waals surface area (Å²) in [6, 6.07) is 0. The SMILES string of the molecule is OC(O)[C@@]1(O)CCCN1. The van der Waals surface area contributed by atoms with Crippen LogP contribution in [0.1, 0.15) is 12.8 Å². The molecule has 0 aromatic rings. The third-order valence-corrected chi connectivity index (χ3v) is 1.59. The first-order chi connectivity index (χ1) is 4.15. The molecule has 54 valence electrons. The van der Waals surface area contributed by atoms with Gasteiger partial charge < -0.3 is 15.3 Å². The van der Waals surface area contributed by atoms with Gasteiger partial charge in [-0.2, -0.15) is 0 Å². The van der Waals surface area contributed by atoms with Crippen LogP contribution in [0.25, 0.3) is 0 Å². The van der Waals surface area contributed by atoms with Crippen LogP contribution in [0.15, 0.2) is 0 Å². The van der Waals surface area contributed by atoms with E-state index < -0.39 is 12.0 Å². The van der Waals surface area contributed by atoms with E-state index in [1.54, 1.807) is 0 Å². The van der Waals surface area contributed by atoms with E-state index in [-0.39, 0.29) is 0 Å². The summed E-state index contributed by atoms with van der Waals surface area (Å²) < 4.78 is 0. The lowest BCUT2D eigenvalue weighted by Gasteiger charge is -2.23. The number of aliphatic hydroxyl groups is 3. The van der Waals surface area contributed by atoms with Crippen LogP contribution in [0.2, 0.25) is 0 Å². The van der Waals surface area contributed by atoms with Crippen molar-refractivity contribution in [2.75, 3.05) is 6.54 Å². The van der Waals surface area contributed by atoms with Crippen LogP contribution >= 0.6 is 0 Å². The fourth-order valence-corrected chi connectivity index (χ4v) is 0.972. The van der Waals surface area contributed by atoms with Gasteiger partial charge in [0, 0.05) is 0 Å². The maximum Gasteiger partial charge on any atom is 0.195 e. The Morgan fingerprint density at radius 1 is 1.44 bits per heavy atom. The van der Waals surface area contributed by atoms with Crippen molar-refractivity contribution in [2.45, 2.75) is 24.9 Å². The molecule has 1 rings (SSSR count). The second-order valence-corrected chi connectivity index (χ2v) is 2.33. The highest BCUT2D eigenvalue weighted by molar-refractivity contribution is 4.83. The summed E-state index contributed by atoms with van der Waals surface area (Å²) in [5, 5.41) is 28.9. The molecule has 0 aromatic carbocycles. The largest absolute Gasteiger partial charge is 0.371 e. The number of hydrogen-bond acceptors (Lipinski definition) is 4. The van der Waals surface area contributed by atoms with Crippen LogP contribution in [0.3, 0.4) is 0 Å². The number of hydrogen-bond donors (Lipinski definition) is 4. The Balaban J connectivity index is 2.51. The van der Waals surface area contributed by atoms with Gasteiger partial charge in [-0.25, -0.2) is 0 Å². The monoisotopic (exact) mass is 133 g/mol. The van der Waals surface area contributed by atoms with Gasteiger partial charge in [-0.1, -0.05) is 0 Å². The van der Waals surface area contributed by atoms with Gasteiger partial charge in [-0.05, 0) is 19.4 Å². The van der Waals surface area contributed by atoms with E-state index in [9.17, 15) is 0 Å². The Labute approximate surface area is 53.1 Å². The molecule has 1 aliphatic heterocycles. The normalized spacial score (nSPS) is 36.0. The molecule has 4 N–H and O–H groups in total. The van der Waals surface area contributed by atoms with Gasteiger partial charge >= 0.3 is 0 Å². The van der Waals surface area contributed by atoms with Crippen molar-refractivity contribution < 1.29 is 15.3 Å². The molecule has 0 amide bonds. The molecule has 0 saturated carbocycles. The Morgan fingerprint density at radius 3 is 2.33 bits per heavy atom. The Kier molecular flexibility index (Phi) is 1.72. The van der Waals surface area contributed by atoms with E-state index in [2.05, 4.69) is 5.32 Å². The van der Waals surface area contributed by atoms with Crippen LogP contribution in [0.5, 0.6) is 0 Å². The predicted octanol–water partition coefficient (Wildman–Crippen LogP) is -1.63. The molecule has 9 heavy (non-hydrogen) atoms. The van der Waals surface area contributed by atoms with Crippen molar-refractivity contribution in [3.63, 3.8) is 0 Å². The van der Waals surface area contributed by atoms with E-state index in [4.69, 9.17) is 15.3 Å². The van der Waals surface area contributed by atoms with Gasteiger partial charge in [0.25, 0.3) is 0 Å². The average Bonchev–Trinajstić information content (AvgIpc) is 2.16. The van der Waals surface area contributed by atoms with E-state index in [1.807, 2.05) is 0 Å². The van der Waals surface area contributed by atoms with Crippen molar-refractivity contribution in [1.82, 2.24) is 5.32 Å². The lowest BCUT2D eigenvalue weighted by Crippen LogP contribution is -2.50. The van der Waals surface area contributed by atoms with Crippen molar-refractivity contribution in [1.29, 1.82) is 0 Å². The van der Waals surface area contributed by atoms with Crippen molar-refractivity contribution in [3.8, 4) is 0 Å². The third-order valence-electron chi connectivity index (χ3n) is 1.59. The molecule has 0 aromatic heterocycles. The summed E-state index contributed by atoms with van der Waals surface area (Å²) in [5.41, 5.74) is -1.44. The van der Waals surface area contributed by atoms with Crippen LogP contribution in [-0.4, -0.2) is 33.9 Å². The standard InChI is InChI=1S/C5H11NO3/c7-4(8)5(9)2-1-3-6-5/h4,6-9H,1-3H2/t5-/m0/s1. The summed E-state index contributed by atoms with van der Waals surface area (Å²) in [6.07, 6.45) is -0.473. The number of rotatable bonds is 1. The molecule has 0 unspecified atom stereocenters. The van der Waals surface area contributed by atoms with Crippen molar-refractivity contribution in [3.05, 3.63) is 0 Å². The second kappa shape index (κ2) is 2.22. The average molecular weight is 133 g/mol. The van der Waals surface area contributed by atoms with Crippen LogP contribution in [-0.2, 0) is 0 Å². The van der Waals surface area contributed by atoms with E-state index in [1.165, 1.54) is 0 Å². The lowest BCUT2D eigenvalue weighted by atomic mass is 10.1. The minimum Gasteiger partial charge on any atom is -0.371 e. The van der Waals surface area contributed by atoms with Gasteiger partial charge in [-0.3, -0.25) is 5.32 Å². The van der Waals surface area contributed by atoms with Gasteiger partial charge in [0.1, 0.15) is 0 Å². The smallest absolute Gasteiger partial charge is 0.195 e. The molecular weight excluding hydrogens is 122 g/mol. The molecule has 0 radical (unpaired) electrons. The quantitative estimate of drug-likeness (QED) is 0.324. The number of aliphatic hydroxyl groups excluding tert-OH is 1. The minimum absolute atomic E-state index is 0.407. The molecule has 1 atom stereocenters. The summed E-state index contributed by atoms with van der Waals surface area (Å²) in [6.45, 7) is 0.647. The van der Waals surface area contributed by atoms with E-state index >= 15 is 0 Å². The Bertz CT molecular complexity index is 98.4. The summed E-state index contributed by atoms with van der Waals surface area (Å²) in [4.78, 5) is 0. The van der Waals surface area contributed by atoms with Crippen molar-refractivity contribution in [2.24, 2.45) is 0 Å². The Morgan fingerprint density at radius 2 is 2.11 bits per heavy atom. The zero-order valence-electron chi connectivity index (χ0n) is 5.04.